The van der Waals surface area contributed by atoms with Crippen molar-refractivity contribution in [2.45, 2.75) is 19.1 Å². The highest BCUT2D eigenvalue weighted by Gasteiger charge is 2.09. The van der Waals surface area contributed by atoms with Gasteiger partial charge in [-0.25, -0.2) is 0 Å². The van der Waals surface area contributed by atoms with E-state index in [1.54, 1.807) is 18.3 Å². The van der Waals surface area contributed by atoms with E-state index in [1.807, 2.05) is 73.7 Å². The van der Waals surface area contributed by atoms with Crippen LogP contribution in [0.4, 0.5) is 0 Å². The molecule has 0 aliphatic rings. The van der Waals surface area contributed by atoms with Crippen molar-refractivity contribution >= 4 is 29.1 Å². The lowest BCUT2D eigenvalue weighted by atomic mass is 10.1. The van der Waals surface area contributed by atoms with Gasteiger partial charge in [-0.1, -0.05) is 72.4 Å². The van der Waals surface area contributed by atoms with Crippen molar-refractivity contribution in [1.82, 2.24) is 5.32 Å². The van der Waals surface area contributed by atoms with E-state index in [4.69, 9.17) is 15.2 Å². The maximum atomic E-state index is 12.2. The molecule has 3 aromatic carbocycles. The average Bonchev–Trinajstić information content (AvgIpc) is 2.88. The van der Waals surface area contributed by atoms with Crippen molar-refractivity contribution in [3.05, 3.63) is 95.6 Å². The second kappa shape index (κ2) is 14.5. The summed E-state index contributed by atoms with van der Waals surface area (Å²) in [6, 6.07) is 25.4. The molecule has 0 heterocycles. The van der Waals surface area contributed by atoms with Gasteiger partial charge in [-0.2, -0.15) is 5.10 Å². The van der Waals surface area contributed by atoms with Crippen LogP contribution in [0.25, 0.3) is 0 Å². The van der Waals surface area contributed by atoms with E-state index in [1.165, 1.54) is 22.9 Å². The van der Waals surface area contributed by atoms with Gasteiger partial charge in [-0.05, 0) is 48.2 Å². The van der Waals surface area contributed by atoms with Crippen LogP contribution in [0, 0.1) is 0 Å². The van der Waals surface area contributed by atoms with E-state index < -0.39 is 0 Å². The number of amides is 1. The van der Waals surface area contributed by atoms with Gasteiger partial charge in [0.25, 0.3) is 5.91 Å². The Bertz CT molecular complexity index is 1120. The Morgan fingerprint density at radius 3 is 2.40 bits per heavy atom. The molecule has 0 saturated carbocycles. The molecule has 35 heavy (non-hydrogen) atoms. The fourth-order valence-electron chi connectivity index (χ4n) is 3.09. The normalized spacial score (nSPS) is 11.4. The zero-order valence-electron chi connectivity index (χ0n) is 19.7. The zero-order chi connectivity index (χ0) is 24.7. The average molecular weight is 491 g/mol. The van der Waals surface area contributed by atoms with Gasteiger partial charge in [-0.3, -0.25) is 4.79 Å². The van der Waals surface area contributed by atoms with Crippen LogP contribution in [0.15, 0.2) is 89.1 Å². The lowest BCUT2D eigenvalue weighted by molar-refractivity contribution is -0.123. The number of rotatable bonds is 12. The van der Waals surface area contributed by atoms with Crippen molar-refractivity contribution in [1.29, 1.82) is 0 Å². The third kappa shape index (κ3) is 9.54. The van der Waals surface area contributed by atoms with E-state index in [0.717, 1.165) is 17.7 Å². The summed E-state index contributed by atoms with van der Waals surface area (Å²) in [5.74, 6) is 1.56. The number of hydrogen-bond donors (Lipinski definition) is 2. The molecule has 0 aromatic heterocycles. The summed E-state index contributed by atoms with van der Waals surface area (Å²) >= 11 is 1.42. The second-order valence-corrected chi connectivity index (χ2v) is 8.47. The summed E-state index contributed by atoms with van der Waals surface area (Å²) in [6.07, 6.45) is 2.36. The van der Waals surface area contributed by atoms with E-state index in [9.17, 15) is 4.79 Å². The predicted molar refractivity (Wildman–Crippen MR) is 143 cm³/mol. The molecule has 0 spiro atoms. The molecule has 0 atom stereocenters. The standard InChI is InChI=1S/C27H30N4O3S/c1-2-33-25-17-23(18-30-31-27(28)35-20-22-11-7-4-8-12-22)13-14-24(25)34-19-26(32)29-16-15-21-9-5-3-6-10-21/h3-14,17-18H,2,15-16,19-20H2,1H3,(H2,28,31)(H,29,32). The fraction of sp³-hybridized carbons (Fsp3) is 0.222. The number of nitrogens with zero attached hydrogens (tertiary/aromatic N) is 2. The SMILES string of the molecule is CCOc1cc(C=NN=C(N)SCc2ccccc2)ccc1OCC(=O)NCCc1ccccc1. The lowest BCUT2D eigenvalue weighted by Crippen LogP contribution is -2.30. The smallest absolute Gasteiger partial charge is 0.257 e. The first-order chi connectivity index (χ1) is 17.1. The summed E-state index contributed by atoms with van der Waals surface area (Å²) in [5, 5.41) is 11.4. The van der Waals surface area contributed by atoms with Crippen LogP contribution < -0.4 is 20.5 Å². The quantitative estimate of drug-likeness (QED) is 0.223. The van der Waals surface area contributed by atoms with Crippen molar-refractivity contribution in [3.8, 4) is 11.5 Å². The van der Waals surface area contributed by atoms with E-state index in [0.29, 0.717) is 29.8 Å². The highest BCUT2D eigenvalue weighted by Crippen LogP contribution is 2.28. The first-order valence-corrected chi connectivity index (χ1v) is 12.4. The summed E-state index contributed by atoms with van der Waals surface area (Å²) in [7, 11) is 0. The number of carbonyl (C=O) groups excluding carboxylic acids is 1. The molecule has 8 heteroatoms. The molecule has 0 saturated heterocycles. The maximum absolute atomic E-state index is 12.2. The number of thioether (sulfide) groups is 1. The molecule has 0 fully saturated rings. The molecule has 3 N–H and O–H groups in total. The molecule has 7 nitrogen and oxygen atoms in total. The number of nitrogens with two attached hydrogens (primary N) is 1. The van der Waals surface area contributed by atoms with Crippen LogP contribution in [0.2, 0.25) is 0 Å². The van der Waals surface area contributed by atoms with Crippen LogP contribution in [-0.2, 0) is 17.0 Å². The zero-order valence-corrected chi connectivity index (χ0v) is 20.5. The van der Waals surface area contributed by atoms with E-state index in [2.05, 4.69) is 15.5 Å². The minimum atomic E-state index is -0.188. The van der Waals surface area contributed by atoms with Crippen LogP contribution >= 0.6 is 11.8 Å². The Morgan fingerprint density at radius 1 is 0.971 bits per heavy atom. The number of carbonyl (C=O) groups is 1. The highest BCUT2D eigenvalue weighted by molar-refractivity contribution is 8.13. The minimum Gasteiger partial charge on any atom is -0.490 e. The molecule has 0 unspecified atom stereocenters. The molecule has 0 aliphatic heterocycles. The number of amidine groups is 1. The Balaban J connectivity index is 1.49. The molecule has 0 radical (unpaired) electrons. The van der Waals surface area contributed by atoms with Crippen LogP contribution in [0.5, 0.6) is 11.5 Å². The summed E-state index contributed by atoms with van der Waals surface area (Å²) in [6.45, 7) is 2.80. The van der Waals surface area contributed by atoms with E-state index in [-0.39, 0.29) is 12.5 Å². The molecular formula is C27H30N4O3S. The van der Waals surface area contributed by atoms with Gasteiger partial charge in [0.15, 0.2) is 23.3 Å². The van der Waals surface area contributed by atoms with Crippen molar-refractivity contribution in [3.63, 3.8) is 0 Å². The van der Waals surface area contributed by atoms with Gasteiger partial charge in [0.2, 0.25) is 0 Å². The number of benzene rings is 3. The monoisotopic (exact) mass is 490 g/mol. The van der Waals surface area contributed by atoms with Gasteiger partial charge in [-0.15, -0.1) is 5.10 Å². The lowest BCUT2D eigenvalue weighted by Gasteiger charge is -2.12. The first kappa shape index (κ1) is 25.8. The van der Waals surface area contributed by atoms with Gasteiger partial charge in [0, 0.05) is 12.3 Å². The van der Waals surface area contributed by atoms with Gasteiger partial charge in [0.1, 0.15) is 0 Å². The van der Waals surface area contributed by atoms with Crippen LogP contribution in [0.1, 0.15) is 23.6 Å². The number of hydrogen-bond acceptors (Lipinski definition) is 6. The third-order valence-corrected chi connectivity index (χ3v) is 5.65. The Labute approximate surface area is 210 Å². The molecule has 3 rings (SSSR count). The number of ether oxygens (including phenoxy) is 2. The molecule has 0 aliphatic carbocycles. The molecule has 0 bridgehead atoms. The summed E-state index contributed by atoms with van der Waals surface area (Å²) < 4.78 is 11.4. The number of nitrogens with one attached hydrogen (secondary N) is 1. The highest BCUT2D eigenvalue weighted by atomic mass is 32.2. The van der Waals surface area contributed by atoms with E-state index >= 15 is 0 Å². The third-order valence-electron chi connectivity index (χ3n) is 4.80. The minimum absolute atomic E-state index is 0.0955. The van der Waals surface area contributed by atoms with Crippen LogP contribution in [0.3, 0.4) is 0 Å². The Hall–Kier alpha value is -3.78. The molecular weight excluding hydrogens is 460 g/mol. The van der Waals surface area contributed by atoms with Gasteiger partial charge >= 0.3 is 0 Å². The van der Waals surface area contributed by atoms with Crippen LogP contribution in [-0.4, -0.2) is 37.0 Å². The fourth-order valence-corrected chi connectivity index (χ4v) is 3.70. The van der Waals surface area contributed by atoms with Gasteiger partial charge < -0.3 is 20.5 Å². The molecule has 1 amide bonds. The van der Waals surface area contributed by atoms with Crippen molar-refractivity contribution in [2.24, 2.45) is 15.9 Å². The van der Waals surface area contributed by atoms with Gasteiger partial charge in [0.05, 0.1) is 12.8 Å². The predicted octanol–water partition coefficient (Wildman–Crippen LogP) is 4.41. The second-order valence-electron chi connectivity index (χ2n) is 7.47. The summed E-state index contributed by atoms with van der Waals surface area (Å²) in [4.78, 5) is 12.2. The molecule has 3 aromatic rings. The Kier molecular flexibility index (Phi) is 10.7. The Morgan fingerprint density at radius 2 is 1.69 bits per heavy atom. The van der Waals surface area contributed by atoms with Crippen molar-refractivity contribution in [2.75, 3.05) is 19.8 Å². The maximum Gasteiger partial charge on any atom is 0.257 e. The summed E-state index contributed by atoms with van der Waals surface area (Å²) in [5.41, 5.74) is 9.06. The molecule has 182 valence electrons. The first-order valence-electron chi connectivity index (χ1n) is 11.4. The largest absolute Gasteiger partial charge is 0.490 e. The topological polar surface area (TPSA) is 98.3 Å². The van der Waals surface area contributed by atoms with Crippen molar-refractivity contribution < 1.29 is 14.3 Å².